The van der Waals surface area contributed by atoms with Crippen LogP contribution in [0.25, 0.3) is 0 Å². The number of benzene rings is 1. The van der Waals surface area contributed by atoms with Gasteiger partial charge in [0.2, 0.25) is 5.91 Å². The molecule has 0 radical (unpaired) electrons. The molecule has 0 spiro atoms. The topological polar surface area (TPSA) is 75.3 Å². The lowest BCUT2D eigenvalue weighted by atomic mass is 9.86. The number of sulfone groups is 1. The van der Waals surface area contributed by atoms with Crippen molar-refractivity contribution in [1.82, 2.24) is 10.6 Å². The number of rotatable bonds is 6. The highest BCUT2D eigenvalue weighted by Gasteiger charge is 2.29. The average Bonchev–Trinajstić information content (AvgIpc) is 2.50. The Balaban J connectivity index is 2.09. The molecule has 2 unspecified atom stereocenters. The number of halogens is 2. The van der Waals surface area contributed by atoms with Crippen LogP contribution in [-0.4, -0.2) is 45.0 Å². The van der Waals surface area contributed by atoms with Crippen LogP contribution in [0, 0.1) is 11.6 Å². The zero-order valence-corrected chi connectivity index (χ0v) is 14.3. The first-order chi connectivity index (χ1) is 11.3. The minimum Gasteiger partial charge on any atom is -0.351 e. The number of nitrogens with one attached hydrogen (secondary N) is 2. The Bertz CT molecular complexity index is 695. The van der Waals surface area contributed by atoms with Crippen molar-refractivity contribution in [2.75, 3.05) is 24.6 Å². The van der Waals surface area contributed by atoms with Gasteiger partial charge in [-0.05, 0) is 37.1 Å². The molecule has 1 amide bonds. The summed E-state index contributed by atoms with van der Waals surface area (Å²) in [6.07, 6.45) is 1.09. The van der Waals surface area contributed by atoms with E-state index in [9.17, 15) is 22.0 Å². The first-order valence-corrected chi connectivity index (χ1v) is 9.80. The summed E-state index contributed by atoms with van der Waals surface area (Å²) < 4.78 is 50.1. The Labute approximate surface area is 140 Å². The van der Waals surface area contributed by atoms with E-state index in [0.29, 0.717) is 31.5 Å². The molecule has 1 saturated heterocycles. The van der Waals surface area contributed by atoms with Crippen molar-refractivity contribution in [3.05, 3.63) is 35.4 Å². The maximum atomic E-state index is 13.5. The lowest BCUT2D eigenvalue weighted by molar-refractivity contribution is -0.119. The molecule has 5 nitrogen and oxygen atoms in total. The fourth-order valence-electron chi connectivity index (χ4n) is 2.98. The van der Waals surface area contributed by atoms with Gasteiger partial charge in [-0.2, -0.15) is 0 Å². The van der Waals surface area contributed by atoms with Gasteiger partial charge in [-0.15, -0.1) is 0 Å². The zero-order chi connectivity index (χ0) is 17.7. The highest BCUT2D eigenvalue weighted by Crippen LogP contribution is 2.27. The van der Waals surface area contributed by atoms with Crippen LogP contribution in [0.3, 0.4) is 0 Å². The first kappa shape index (κ1) is 18.8. The molecule has 1 aromatic rings. The number of carbonyl (C=O) groups excluding carboxylic acids is 1. The van der Waals surface area contributed by atoms with Gasteiger partial charge in [0.15, 0.2) is 21.5 Å². The molecule has 0 bridgehead atoms. The molecule has 2 rings (SSSR count). The van der Waals surface area contributed by atoms with Crippen molar-refractivity contribution in [3.8, 4) is 0 Å². The molecule has 1 aliphatic rings. The van der Waals surface area contributed by atoms with E-state index in [-0.39, 0.29) is 17.7 Å². The Kier molecular flexibility index (Phi) is 6.28. The second-order valence-electron chi connectivity index (χ2n) is 6.04. The van der Waals surface area contributed by atoms with Crippen LogP contribution in [0.4, 0.5) is 8.78 Å². The van der Waals surface area contributed by atoms with Crippen LogP contribution in [0.2, 0.25) is 0 Å². The average molecular weight is 360 g/mol. The number of piperidine rings is 1. The predicted molar refractivity (Wildman–Crippen MR) is 87.5 cm³/mol. The van der Waals surface area contributed by atoms with Crippen molar-refractivity contribution in [2.45, 2.75) is 31.7 Å². The van der Waals surface area contributed by atoms with Crippen molar-refractivity contribution in [3.63, 3.8) is 0 Å². The van der Waals surface area contributed by atoms with Gasteiger partial charge in [-0.25, -0.2) is 17.2 Å². The standard InChI is InChI=1S/C16H22F2N2O3S/c1-2-7-24(22,23)10-16(21)20-15-9-19-6-5-12(15)11-3-4-13(17)14(18)8-11/h3-4,8,12,15,19H,2,5-7,9-10H2,1H3,(H,20,21). The summed E-state index contributed by atoms with van der Waals surface area (Å²) in [6, 6.07) is 3.34. The summed E-state index contributed by atoms with van der Waals surface area (Å²) in [5.74, 6) is -3.19. The lowest BCUT2D eigenvalue weighted by Crippen LogP contribution is -2.51. The maximum absolute atomic E-state index is 13.5. The number of hydrogen-bond donors (Lipinski definition) is 2. The van der Waals surface area contributed by atoms with Crippen molar-refractivity contribution in [2.24, 2.45) is 0 Å². The number of amides is 1. The molecule has 0 saturated carbocycles. The Hall–Kier alpha value is -1.54. The smallest absolute Gasteiger partial charge is 0.235 e. The van der Waals surface area contributed by atoms with Crippen molar-refractivity contribution < 1.29 is 22.0 Å². The van der Waals surface area contributed by atoms with E-state index in [0.717, 1.165) is 12.1 Å². The molecule has 2 atom stereocenters. The van der Waals surface area contributed by atoms with Crippen LogP contribution < -0.4 is 10.6 Å². The fraction of sp³-hybridized carbons (Fsp3) is 0.562. The fourth-order valence-corrected chi connectivity index (χ4v) is 4.23. The Morgan fingerprint density at radius 3 is 2.75 bits per heavy atom. The Morgan fingerprint density at radius 1 is 1.33 bits per heavy atom. The summed E-state index contributed by atoms with van der Waals surface area (Å²) in [4.78, 5) is 12.0. The third-order valence-electron chi connectivity index (χ3n) is 4.07. The molecule has 1 heterocycles. The number of hydrogen-bond acceptors (Lipinski definition) is 4. The molecule has 1 aliphatic heterocycles. The van der Waals surface area contributed by atoms with Gasteiger partial charge in [-0.1, -0.05) is 13.0 Å². The SMILES string of the molecule is CCCS(=O)(=O)CC(=O)NC1CNCCC1c1ccc(F)c(F)c1. The monoisotopic (exact) mass is 360 g/mol. The van der Waals surface area contributed by atoms with Gasteiger partial charge in [-0.3, -0.25) is 4.79 Å². The summed E-state index contributed by atoms with van der Waals surface area (Å²) >= 11 is 0. The largest absolute Gasteiger partial charge is 0.351 e. The van der Waals surface area contributed by atoms with Crippen molar-refractivity contribution >= 4 is 15.7 Å². The summed E-state index contributed by atoms with van der Waals surface area (Å²) in [5, 5.41) is 5.84. The molecule has 134 valence electrons. The molecule has 1 aromatic carbocycles. The summed E-state index contributed by atoms with van der Waals surface area (Å²) in [6.45, 7) is 2.87. The van der Waals surface area contributed by atoms with Crippen LogP contribution in [0.1, 0.15) is 31.2 Å². The van der Waals surface area contributed by atoms with Crippen molar-refractivity contribution in [1.29, 1.82) is 0 Å². The van der Waals surface area contributed by atoms with Crippen LogP contribution in [0.15, 0.2) is 18.2 Å². The zero-order valence-electron chi connectivity index (χ0n) is 13.5. The summed E-state index contributed by atoms with van der Waals surface area (Å²) in [5.41, 5.74) is 0.595. The van der Waals surface area contributed by atoms with Crippen LogP contribution in [-0.2, 0) is 14.6 Å². The van der Waals surface area contributed by atoms with Crippen LogP contribution in [0.5, 0.6) is 0 Å². The van der Waals surface area contributed by atoms with E-state index in [1.54, 1.807) is 6.92 Å². The van der Waals surface area contributed by atoms with E-state index in [2.05, 4.69) is 10.6 Å². The Morgan fingerprint density at radius 2 is 2.08 bits per heavy atom. The predicted octanol–water partition coefficient (Wildman–Crippen LogP) is 1.35. The summed E-state index contributed by atoms with van der Waals surface area (Å²) in [7, 11) is -3.42. The normalized spacial score (nSPS) is 21.5. The van der Waals surface area contributed by atoms with Gasteiger partial charge in [0, 0.05) is 18.5 Å². The molecular weight excluding hydrogens is 338 g/mol. The van der Waals surface area contributed by atoms with Gasteiger partial charge in [0.05, 0.1) is 5.75 Å². The maximum Gasteiger partial charge on any atom is 0.235 e. The molecule has 24 heavy (non-hydrogen) atoms. The molecule has 0 aliphatic carbocycles. The van der Waals surface area contributed by atoms with E-state index < -0.39 is 33.1 Å². The van der Waals surface area contributed by atoms with Gasteiger partial charge in [0.1, 0.15) is 5.75 Å². The minimum absolute atomic E-state index is 0.0318. The lowest BCUT2D eigenvalue weighted by Gasteiger charge is -2.33. The molecule has 8 heteroatoms. The van der Waals surface area contributed by atoms with E-state index in [1.807, 2.05) is 0 Å². The second kappa shape index (κ2) is 8.02. The molecular formula is C16H22F2N2O3S. The third kappa shape index (κ3) is 4.98. The first-order valence-electron chi connectivity index (χ1n) is 7.98. The second-order valence-corrected chi connectivity index (χ2v) is 8.22. The molecule has 0 aromatic heterocycles. The molecule has 2 N–H and O–H groups in total. The van der Waals surface area contributed by atoms with E-state index in [1.165, 1.54) is 6.07 Å². The minimum atomic E-state index is -3.42. The van der Waals surface area contributed by atoms with Gasteiger partial charge < -0.3 is 10.6 Å². The molecule has 1 fully saturated rings. The quantitative estimate of drug-likeness (QED) is 0.803. The van der Waals surface area contributed by atoms with E-state index >= 15 is 0 Å². The highest BCUT2D eigenvalue weighted by atomic mass is 32.2. The van der Waals surface area contributed by atoms with E-state index in [4.69, 9.17) is 0 Å². The number of carbonyl (C=O) groups is 1. The van der Waals surface area contributed by atoms with Crippen LogP contribution >= 0.6 is 0 Å². The van der Waals surface area contributed by atoms with Gasteiger partial charge >= 0.3 is 0 Å². The third-order valence-corrected chi connectivity index (χ3v) is 5.80. The highest BCUT2D eigenvalue weighted by molar-refractivity contribution is 7.92. The van der Waals surface area contributed by atoms with Gasteiger partial charge in [0.25, 0.3) is 0 Å².